The number of aryl methyl sites for hydroxylation is 2. The van der Waals surface area contributed by atoms with Gasteiger partial charge in [0, 0.05) is 28.2 Å². The molecule has 2 aliphatic carbocycles. The molecule has 0 saturated heterocycles. The zero-order valence-electron chi connectivity index (χ0n) is 29.1. The molecule has 0 unspecified atom stereocenters. The highest BCUT2D eigenvalue weighted by atomic mass is 16.5. The Labute approximate surface area is 303 Å². The van der Waals surface area contributed by atoms with Gasteiger partial charge in [0.15, 0.2) is 0 Å². The van der Waals surface area contributed by atoms with E-state index in [4.69, 9.17) is 23.4 Å². The lowest BCUT2D eigenvalue weighted by molar-refractivity contribution is -0.129. The van der Waals surface area contributed by atoms with Gasteiger partial charge in [-0.3, -0.25) is 0 Å². The molecule has 4 aromatic carbocycles. The van der Waals surface area contributed by atoms with Crippen LogP contribution in [0.15, 0.2) is 114 Å². The molecule has 264 valence electrons. The van der Waals surface area contributed by atoms with Crippen LogP contribution in [0.3, 0.4) is 0 Å². The number of unbranched alkanes of at least 4 members (excludes halogenated alkanes) is 3. The third-order valence-electron chi connectivity index (χ3n) is 9.85. The summed E-state index contributed by atoms with van der Waals surface area (Å²) in [5, 5.41) is 0. The van der Waals surface area contributed by atoms with E-state index in [1.165, 1.54) is 18.9 Å². The van der Waals surface area contributed by atoms with Crippen molar-refractivity contribution in [1.82, 2.24) is 0 Å². The zero-order chi connectivity index (χ0) is 35.9. The van der Waals surface area contributed by atoms with Gasteiger partial charge in [0.05, 0.1) is 30.3 Å². The summed E-state index contributed by atoms with van der Waals surface area (Å²) in [6, 6.07) is 26.6. The molecule has 0 aliphatic heterocycles. The van der Waals surface area contributed by atoms with Gasteiger partial charge in [-0.1, -0.05) is 50.5 Å². The van der Waals surface area contributed by atoms with Gasteiger partial charge < -0.3 is 23.4 Å². The summed E-state index contributed by atoms with van der Waals surface area (Å²) in [7, 11) is 0. The predicted molar refractivity (Wildman–Crippen MR) is 196 cm³/mol. The van der Waals surface area contributed by atoms with Crippen molar-refractivity contribution in [2.24, 2.45) is 0 Å². The Balaban J connectivity index is 1.03. The standard InChI is InChI=1S/C44H40O8/c1-2-3-4-5-27-49-35-17-13-33(14-18-35)42(46)50-36-19-15-34(16-20-36)43(47)52-38-11-7-9-32-23-26-44(41(32)38)25-22-31-8-6-10-37(40(31)44)51-39(45)21-12-30-24-28-48-29-30/h6-21,24,28-29H,2-5,22-23,25-27H2,1H3/b21-12+/t44-/m1/s1. The van der Waals surface area contributed by atoms with E-state index in [1.54, 1.807) is 73.2 Å². The van der Waals surface area contributed by atoms with Crippen LogP contribution in [0.25, 0.3) is 6.08 Å². The van der Waals surface area contributed by atoms with Crippen molar-refractivity contribution in [3.05, 3.63) is 149 Å². The molecule has 52 heavy (non-hydrogen) atoms. The molecule has 0 fully saturated rings. The third-order valence-corrected chi connectivity index (χ3v) is 9.85. The number of hydrogen-bond acceptors (Lipinski definition) is 8. The molecule has 2 aliphatic rings. The molecule has 0 saturated carbocycles. The third kappa shape index (κ3) is 7.42. The second-order valence-electron chi connectivity index (χ2n) is 13.2. The quantitative estimate of drug-likeness (QED) is 0.0520. The molecule has 1 atom stereocenters. The molecule has 0 bridgehead atoms. The van der Waals surface area contributed by atoms with Crippen molar-refractivity contribution in [1.29, 1.82) is 0 Å². The molecule has 8 nitrogen and oxygen atoms in total. The van der Waals surface area contributed by atoms with Gasteiger partial charge in [-0.05, 0) is 116 Å². The normalized spacial score (nSPS) is 15.7. The van der Waals surface area contributed by atoms with Crippen LogP contribution < -0.4 is 18.9 Å². The van der Waals surface area contributed by atoms with E-state index in [1.807, 2.05) is 24.3 Å². The van der Waals surface area contributed by atoms with Crippen LogP contribution in [-0.2, 0) is 23.1 Å². The number of rotatable bonds is 13. The smallest absolute Gasteiger partial charge is 0.343 e. The van der Waals surface area contributed by atoms with Gasteiger partial charge in [-0.2, -0.15) is 0 Å². The number of carbonyl (C=O) groups excluding carboxylic acids is 3. The molecule has 1 aromatic heterocycles. The Morgan fingerprint density at radius 1 is 0.692 bits per heavy atom. The maximum atomic E-state index is 13.5. The van der Waals surface area contributed by atoms with Gasteiger partial charge in [0.2, 0.25) is 0 Å². The van der Waals surface area contributed by atoms with E-state index in [0.717, 1.165) is 66.3 Å². The second kappa shape index (κ2) is 15.6. The Bertz CT molecular complexity index is 2070. The van der Waals surface area contributed by atoms with Crippen LogP contribution in [0.4, 0.5) is 0 Å². The van der Waals surface area contributed by atoms with Crippen LogP contribution in [0.5, 0.6) is 23.0 Å². The molecule has 7 rings (SSSR count). The van der Waals surface area contributed by atoms with E-state index >= 15 is 0 Å². The fourth-order valence-electron chi connectivity index (χ4n) is 7.34. The fourth-order valence-corrected chi connectivity index (χ4v) is 7.34. The summed E-state index contributed by atoms with van der Waals surface area (Å²) in [4.78, 5) is 39.3. The molecule has 0 radical (unpaired) electrons. The monoisotopic (exact) mass is 696 g/mol. The van der Waals surface area contributed by atoms with Gasteiger partial charge in [-0.25, -0.2) is 14.4 Å². The average Bonchev–Trinajstić information content (AvgIpc) is 3.92. The number of esters is 3. The molecule has 0 N–H and O–H groups in total. The molecule has 1 spiro atoms. The molecular formula is C44H40O8. The molecule has 8 heteroatoms. The van der Waals surface area contributed by atoms with E-state index in [9.17, 15) is 14.4 Å². The number of carbonyl (C=O) groups is 3. The first-order chi connectivity index (χ1) is 25.4. The van der Waals surface area contributed by atoms with Gasteiger partial charge in [-0.15, -0.1) is 0 Å². The maximum Gasteiger partial charge on any atom is 0.343 e. The zero-order valence-corrected chi connectivity index (χ0v) is 29.1. The van der Waals surface area contributed by atoms with Crippen molar-refractivity contribution in [3.63, 3.8) is 0 Å². The Morgan fingerprint density at radius 2 is 1.31 bits per heavy atom. The SMILES string of the molecule is CCCCCCOc1ccc(C(=O)Oc2ccc(C(=O)Oc3cccc4c3[C@]3(CCc5cccc(OC(=O)/C=C/c6ccoc6)c53)CC4)cc2)cc1. The van der Waals surface area contributed by atoms with Crippen molar-refractivity contribution in [2.45, 2.75) is 63.7 Å². The van der Waals surface area contributed by atoms with E-state index in [2.05, 4.69) is 19.1 Å². The van der Waals surface area contributed by atoms with Crippen molar-refractivity contribution in [3.8, 4) is 23.0 Å². The van der Waals surface area contributed by atoms with E-state index < -0.39 is 23.3 Å². The highest BCUT2D eigenvalue weighted by molar-refractivity contribution is 5.93. The van der Waals surface area contributed by atoms with Gasteiger partial charge in [0.1, 0.15) is 23.0 Å². The van der Waals surface area contributed by atoms with E-state index in [0.29, 0.717) is 40.7 Å². The first kappa shape index (κ1) is 34.6. The van der Waals surface area contributed by atoms with Gasteiger partial charge in [0.25, 0.3) is 0 Å². The minimum Gasteiger partial charge on any atom is -0.494 e. The number of benzene rings is 4. The lowest BCUT2D eigenvalue weighted by atomic mass is 9.76. The van der Waals surface area contributed by atoms with Crippen LogP contribution in [0.1, 0.15) is 94.0 Å². The highest BCUT2D eigenvalue weighted by Crippen LogP contribution is 2.57. The predicted octanol–water partition coefficient (Wildman–Crippen LogP) is 9.47. The highest BCUT2D eigenvalue weighted by Gasteiger charge is 2.49. The molecular weight excluding hydrogens is 656 g/mol. The Kier molecular flexibility index (Phi) is 10.3. The summed E-state index contributed by atoms with van der Waals surface area (Å²) >= 11 is 0. The summed E-state index contributed by atoms with van der Waals surface area (Å²) in [5.41, 5.74) is 5.15. The van der Waals surface area contributed by atoms with Crippen LogP contribution in [-0.4, -0.2) is 24.5 Å². The summed E-state index contributed by atoms with van der Waals surface area (Å²) < 4.78 is 28.5. The van der Waals surface area contributed by atoms with Crippen LogP contribution in [0, 0.1) is 0 Å². The minimum atomic E-state index is -0.527. The van der Waals surface area contributed by atoms with Crippen molar-refractivity contribution in [2.75, 3.05) is 6.61 Å². The van der Waals surface area contributed by atoms with Crippen molar-refractivity contribution < 1.29 is 37.7 Å². The number of furan rings is 1. The largest absolute Gasteiger partial charge is 0.494 e. The second-order valence-corrected chi connectivity index (χ2v) is 13.2. The fraction of sp³-hybridized carbons (Fsp3) is 0.250. The average molecular weight is 697 g/mol. The maximum absolute atomic E-state index is 13.5. The van der Waals surface area contributed by atoms with Crippen LogP contribution >= 0.6 is 0 Å². The Morgan fingerprint density at radius 3 is 1.92 bits per heavy atom. The molecule has 1 heterocycles. The topological polar surface area (TPSA) is 101 Å². The minimum absolute atomic E-state index is 0.307. The summed E-state index contributed by atoms with van der Waals surface area (Å²) in [6.45, 7) is 2.82. The number of hydrogen-bond donors (Lipinski definition) is 0. The number of fused-ring (bicyclic) bond motifs is 4. The van der Waals surface area contributed by atoms with Gasteiger partial charge >= 0.3 is 17.9 Å². The summed E-state index contributed by atoms with van der Waals surface area (Å²) in [5.74, 6) is 0.491. The first-order valence-corrected chi connectivity index (χ1v) is 17.9. The van der Waals surface area contributed by atoms with E-state index in [-0.39, 0.29) is 0 Å². The molecule has 0 amide bonds. The number of ether oxygens (including phenoxy) is 4. The lowest BCUT2D eigenvalue weighted by Gasteiger charge is -2.29. The lowest BCUT2D eigenvalue weighted by Crippen LogP contribution is -2.24. The molecule has 5 aromatic rings. The van der Waals surface area contributed by atoms with Crippen LogP contribution in [0.2, 0.25) is 0 Å². The Hall–Kier alpha value is -5.89. The summed E-state index contributed by atoms with van der Waals surface area (Å²) in [6.07, 6.45) is 13.8. The van der Waals surface area contributed by atoms with Crippen molar-refractivity contribution >= 4 is 24.0 Å². The first-order valence-electron chi connectivity index (χ1n) is 17.9.